The molecule has 1 aromatic carbocycles. The fraction of sp³-hybridized carbons (Fsp3) is 0.533. The molecule has 0 saturated carbocycles. The maximum atomic E-state index is 13.6. The zero-order valence-corrected chi connectivity index (χ0v) is 12.1. The number of nitrogens with one attached hydrogen (secondary N) is 1. The Hall–Kier alpha value is -1.65. The predicted molar refractivity (Wildman–Crippen MR) is 76.6 cm³/mol. The normalized spacial score (nSPS) is 17.9. The molecule has 1 amide bonds. The molecule has 1 fully saturated rings. The molecule has 0 aromatic heterocycles. The van der Waals surface area contributed by atoms with Crippen LogP contribution in [-0.2, 0) is 4.79 Å². The molecular weight excluding hydrogens is 262 g/mol. The van der Waals surface area contributed by atoms with Crippen LogP contribution in [0, 0.1) is 13.8 Å². The highest BCUT2D eigenvalue weighted by Gasteiger charge is 2.35. The van der Waals surface area contributed by atoms with Crippen molar-refractivity contribution in [3.05, 3.63) is 23.3 Å². The van der Waals surface area contributed by atoms with E-state index in [4.69, 9.17) is 0 Å². The van der Waals surface area contributed by atoms with E-state index in [9.17, 15) is 13.6 Å². The van der Waals surface area contributed by atoms with Gasteiger partial charge >= 0.3 is 0 Å². The van der Waals surface area contributed by atoms with Gasteiger partial charge in [-0.1, -0.05) is 6.07 Å². The average molecular weight is 282 g/mol. The lowest BCUT2D eigenvalue weighted by molar-refractivity contribution is -0.114. The molecule has 1 aromatic rings. The van der Waals surface area contributed by atoms with Gasteiger partial charge in [-0.05, 0) is 37.5 Å². The molecule has 110 valence electrons. The second-order valence-corrected chi connectivity index (χ2v) is 5.46. The molecule has 0 bridgehead atoms. The summed E-state index contributed by atoms with van der Waals surface area (Å²) >= 11 is 0. The van der Waals surface area contributed by atoms with Crippen molar-refractivity contribution in [2.75, 3.05) is 23.3 Å². The first kappa shape index (κ1) is 14.8. The van der Waals surface area contributed by atoms with Crippen LogP contribution in [0.3, 0.4) is 0 Å². The summed E-state index contributed by atoms with van der Waals surface area (Å²) in [4.78, 5) is 13.0. The van der Waals surface area contributed by atoms with Gasteiger partial charge in [0.15, 0.2) is 0 Å². The van der Waals surface area contributed by atoms with Crippen LogP contribution in [0.1, 0.15) is 30.9 Å². The van der Waals surface area contributed by atoms with Crippen LogP contribution in [0.5, 0.6) is 0 Å². The van der Waals surface area contributed by atoms with E-state index in [1.165, 1.54) is 6.92 Å². The number of carbonyl (C=O) groups excluding carboxylic acids is 1. The zero-order chi connectivity index (χ0) is 14.9. The van der Waals surface area contributed by atoms with Gasteiger partial charge in [-0.15, -0.1) is 0 Å². The number of hydrogen-bond acceptors (Lipinski definition) is 2. The molecule has 0 spiro atoms. The van der Waals surface area contributed by atoms with Crippen molar-refractivity contribution >= 4 is 17.3 Å². The molecule has 1 saturated heterocycles. The van der Waals surface area contributed by atoms with Crippen molar-refractivity contribution in [2.24, 2.45) is 0 Å². The van der Waals surface area contributed by atoms with E-state index in [0.717, 1.165) is 22.5 Å². The molecule has 3 nitrogen and oxygen atoms in total. The van der Waals surface area contributed by atoms with Crippen molar-refractivity contribution < 1.29 is 13.6 Å². The maximum absolute atomic E-state index is 13.6. The summed E-state index contributed by atoms with van der Waals surface area (Å²) < 4.78 is 27.1. The highest BCUT2D eigenvalue weighted by molar-refractivity contribution is 5.91. The standard InChI is InChI=1S/C15H20F2N2O/c1-10-5-6-13(11(2)14(10)18-12(3)20)19-8-4-7-15(16,17)9-19/h5-6H,4,7-9H2,1-3H3,(H,18,20). The number of hydrogen-bond donors (Lipinski definition) is 1. The van der Waals surface area contributed by atoms with Gasteiger partial charge in [-0.3, -0.25) is 4.79 Å². The highest BCUT2D eigenvalue weighted by atomic mass is 19.3. The molecule has 0 aliphatic carbocycles. The number of benzene rings is 1. The second-order valence-electron chi connectivity index (χ2n) is 5.46. The molecule has 0 radical (unpaired) electrons. The topological polar surface area (TPSA) is 32.3 Å². The van der Waals surface area contributed by atoms with Gasteiger partial charge in [0, 0.05) is 31.3 Å². The third kappa shape index (κ3) is 3.08. The van der Waals surface area contributed by atoms with Crippen molar-refractivity contribution in [2.45, 2.75) is 39.5 Å². The van der Waals surface area contributed by atoms with Gasteiger partial charge in [0.2, 0.25) is 5.91 Å². The summed E-state index contributed by atoms with van der Waals surface area (Å²) in [6.45, 7) is 5.57. The molecule has 0 unspecified atom stereocenters. The van der Waals surface area contributed by atoms with Crippen molar-refractivity contribution in [3.63, 3.8) is 0 Å². The lowest BCUT2D eigenvalue weighted by Crippen LogP contribution is -2.43. The Morgan fingerprint density at radius 2 is 2.05 bits per heavy atom. The van der Waals surface area contributed by atoms with Crippen LogP contribution >= 0.6 is 0 Å². The van der Waals surface area contributed by atoms with Crippen LogP contribution in [0.15, 0.2) is 12.1 Å². The van der Waals surface area contributed by atoms with Gasteiger partial charge in [-0.25, -0.2) is 8.78 Å². The van der Waals surface area contributed by atoms with E-state index in [1.807, 2.05) is 26.0 Å². The van der Waals surface area contributed by atoms with Crippen LogP contribution in [-0.4, -0.2) is 24.9 Å². The molecule has 1 aliphatic heterocycles. The van der Waals surface area contributed by atoms with E-state index >= 15 is 0 Å². The fourth-order valence-corrected chi connectivity index (χ4v) is 2.72. The quantitative estimate of drug-likeness (QED) is 0.900. The molecular formula is C15H20F2N2O. The number of halogens is 2. The maximum Gasteiger partial charge on any atom is 0.265 e. The van der Waals surface area contributed by atoms with Gasteiger partial charge < -0.3 is 10.2 Å². The number of rotatable bonds is 2. The van der Waals surface area contributed by atoms with Crippen molar-refractivity contribution in [1.82, 2.24) is 0 Å². The molecule has 1 N–H and O–H groups in total. The fourth-order valence-electron chi connectivity index (χ4n) is 2.72. The number of nitrogens with zero attached hydrogens (tertiary/aromatic N) is 1. The Kier molecular flexibility index (Phi) is 3.97. The predicted octanol–water partition coefficient (Wildman–Crippen LogP) is 3.50. The van der Waals surface area contributed by atoms with Crippen LogP contribution in [0.4, 0.5) is 20.2 Å². The zero-order valence-electron chi connectivity index (χ0n) is 12.1. The first-order valence-electron chi connectivity index (χ1n) is 6.81. The summed E-state index contributed by atoms with van der Waals surface area (Å²) in [5.41, 5.74) is 3.28. The number of alkyl halides is 2. The number of anilines is 2. The minimum Gasteiger partial charge on any atom is -0.365 e. The smallest absolute Gasteiger partial charge is 0.265 e. The highest BCUT2D eigenvalue weighted by Crippen LogP contribution is 2.35. The monoisotopic (exact) mass is 282 g/mol. The van der Waals surface area contributed by atoms with Crippen molar-refractivity contribution in [1.29, 1.82) is 0 Å². The summed E-state index contributed by atoms with van der Waals surface area (Å²) in [6.07, 6.45) is 0.433. The molecule has 1 heterocycles. The number of piperidine rings is 1. The summed E-state index contributed by atoms with van der Waals surface area (Å²) in [7, 11) is 0. The minimum atomic E-state index is -2.64. The molecule has 5 heteroatoms. The Morgan fingerprint density at radius 1 is 1.35 bits per heavy atom. The lowest BCUT2D eigenvalue weighted by Gasteiger charge is -2.35. The third-order valence-corrected chi connectivity index (χ3v) is 3.68. The van der Waals surface area contributed by atoms with Gasteiger partial charge in [0.1, 0.15) is 0 Å². The molecule has 0 atom stereocenters. The van der Waals surface area contributed by atoms with E-state index in [0.29, 0.717) is 13.0 Å². The molecule has 20 heavy (non-hydrogen) atoms. The lowest BCUT2D eigenvalue weighted by atomic mass is 10.0. The Balaban J connectivity index is 2.35. The van der Waals surface area contributed by atoms with Gasteiger partial charge in [0.25, 0.3) is 5.92 Å². The molecule has 2 rings (SSSR count). The summed E-state index contributed by atoms with van der Waals surface area (Å²) in [5.74, 6) is -2.79. The summed E-state index contributed by atoms with van der Waals surface area (Å²) in [5, 5.41) is 2.79. The van der Waals surface area contributed by atoms with E-state index in [2.05, 4.69) is 5.32 Å². The Labute approximate surface area is 118 Å². The van der Waals surface area contributed by atoms with Crippen LogP contribution in [0.25, 0.3) is 0 Å². The van der Waals surface area contributed by atoms with Crippen LogP contribution < -0.4 is 10.2 Å². The number of aryl methyl sites for hydroxylation is 1. The number of amides is 1. The van der Waals surface area contributed by atoms with E-state index in [-0.39, 0.29) is 18.9 Å². The molecule has 1 aliphatic rings. The third-order valence-electron chi connectivity index (χ3n) is 3.68. The Bertz CT molecular complexity index is 529. The minimum absolute atomic E-state index is 0.0486. The van der Waals surface area contributed by atoms with Gasteiger partial charge in [-0.2, -0.15) is 0 Å². The first-order chi connectivity index (χ1) is 9.30. The average Bonchev–Trinajstić information content (AvgIpc) is 2.33. The Morgan fingerprint density at radius 3 is 2.65 bits per heavy atom. The number of carbonyl (C=O) groups is 1. The second kappa shape index (κ2) is 5.38. The SMILES string of the molecule is CC(=O)Nc1c(C)ccc(N2CCCC(F)(F)C2)c1C. The van der Waals surface area contributed by atoms with Crippen LogP contribution in [0.2, 0.25) is 0 Å². The van der Waals surface area contributed by atoms with E-state index < -0.39 is 5.92 Å². The van der Waals surface area contributed by atoms with Crippen molar-refractivity contribution in [3.8, 4) is 0 Å². The first-order valence-corrected chi connectivity index (χ1v) is 6.81. The van der Waals surface area contributed by atoms with Gasteiger partial charge in [0.05, 0.1) is 6.54 Å². The largest absolute Gasteiger partial charge is 0.365 e. The summed E-state index contributed by atoms with van der Waals surface area (Å²) in [6, 6.07) is 3.72. The van der Waals surface area contributed by atoms with E-state index in [1.54, 1.807) is 4.90 Å².